The van der Waals surface area contributed by atoms with Gasteiger partial charge < -0.3 is 4.46 Å². The Balaban J connectivity index is 0. The van der Waals surface area contributed by atoms with Gasteiger partial charge >= 0.3 is 10.1 Å². The molecule has 1 nitrogen and oxygen atoms in total. The molecule has 0 aliphatic rings. The molecule has 0 saturated carbocycles. The minimum Gasteiger partial charge on any atom is -0.381 e. The summed E-state index contributed by atoms with van der Waals surface area (Å²) in [6, 6.07) is 0. The van der Waals surface area contributed by atoms with Crippen LogP contribution in [0.3, 0.4) is 0 Å². The zero-order valence-corrected chi connectivity index (χ0v) is 6.29. The Morgan fingerprint density at radius 1 is 1.67 bits per heavy atom. The van der Waals surface area contributed by atoms with E-state index in [1.54, 1.807) is 10.1 Å². The van der Waals surface area contributed by atoms with Crippen molar-refractivity contribution in [1.29, 1.82) is 0 Å². The molecular weight excluding hydrogens is 160 g/mol. The Morgan fingerprint density at radius 2 is 1.83 bits per heavy atom. The molecule has 0 atom stereocenters. The third-order valence-electron chi connectivity index (χ3n) is 0.189. The van der Waals surface area contributed by atoms with Crippen LogP contribution < -0.4 is 0 Å². The van der Waals surface area contributed by atoms with E-state index >= 15 is 0 Å². The molecule has 0 saturated heterocycles. The van der Waals surface area contributed by atoms with Gasteiger partial charge in [0.05, 0.1) is 0 Å². The van der Waals surface area contributed by atoms with Crippen LogP contribution in [0.5, 0.6) is 0 Å². The minimum absolute atomic E-state index is 1.13. The molecule has 0 aliphatic heterocycles. The van der Waals surface area contributed by atoms with Gasteiger partial charge in [-0.05, 0) is 6.42 Å². The summed E-state index contributed by atoms with van der Waals surface area (Å²) in [7, 11) is 1.72. The molecule has 0 amide bonds. The maximum Gasteiger partial charge on any atom is 0.381 e. The number of rotatable bonds is 1. The lowest BCUT2D eigenvalue weighted by molar-refractivity contribution is 0.590. The molecule has 2 radical (unpaired) electrons. The highest BCUT2D eigenvalue weighted by Crippen LogP contribution is 1.80. The van der Waals surface area contributed by atoms with Gasteiger partial charge in [0.2, 0.25) is 0 Å². The molecule has 36 valence electrons. The molecule has 0 spiro atoms. The van der Waals surface area contributed by atoms with Crippen LogP contribution in [-0.2, 0) is 4.46 Å². The summed E-state index contributed by atoms with van der Waals surface area (Å²) in [4.78, 5) is 0. The zero-order valence-electron chi connectivity index (χ0n) is 3.70. The van der Waals surface area contributed by atoms with Crippen molar-refractivity contribution in [3.05, 3.63) is 0 Å². The number of halogens is 1. The highest BCUT2D eigenvalue weighted by molar-refractivity contribution is 9.09. The molecule has 0 unspecified atom stereocenters. The number of alkyl halides is 1. The second-order valence-electron chi connectivity index (χ2n) is 0.689. The quantitative estimate of drug-likeness (QED) is 0.424. The molecule has 0 heterocycles. The first kappa shape index (κ1) is 9.71. The van der Waals surface area contributed by atoms with Gasteiger partial charge in [-0.2, -0.15) is 0 Å². The minimum atomic E-state index is 1.13. The standard InChI is InChI=1S/C3H7Br.OSi/c1-2-3-4;1-2/h2-3H2,1H3;. The second kappa shape index (κ2) is 17.8. The summed E-state index contributed by atoms with van der Waals surface area (Å²) in [6.45, 7) is 2.13. The van der Waals surface area contributed by atoms with E-state index in [-0.39, 0.29) is 0 Å². The van der Waals surface area contributed by atoms with Crippen molar-refractivity contribution in [2.75, 3.05) is 5.33 Å². The van der Waals surface area contributed by atoms with Crippen LogP contribution in [0.1, 0.15) is 13.3 Å². The Kier molecular flexibility index (Phi) is 28.8. The first-order valence-corrected chi connectivity index (χ1v) is 3.21. The molecule has 0 aromatic carbocycles. The molecule has 3 heteroatoms. The summed E-state index contributed by atoms with van der Waals surface area (Å²) in [6.07, 6.45) is 1.24. The van der Waals surface area contributed by atoms with Gasteiger partial charge in [-0.3, -0.25) is 0 Å². The van der Waals surface area contributed by atoms with E-state index in [9.17, 15) is 0 Å². The predicted octanol–water partition coefficient (Wildman–Crippen LogP) is 1.29. The molecule has 0 aliphatic carbocycles. The Bertz CT molecular complexity index is 18.3. The highest BCUT2D eigenvalue weighted by Gasteiger charge is 1.58. The van der Waals surface area contributed by atoms with Crippen LogP contribution in [0, 0.1) is 0 Å². The Morgan fingerprint density at radius 3 is 1.83 bits per heavy atom. The van der Waals surface area contributed by atoms with E-state index in [0.717, 1.165) is 5.33 Å². The molecule has 0 aromatic rings. The first-order valence-electron chi connectivity index (χ1n) is 1.68. The average Bonchev–Trinajstić information content (AvgIpc) is 1.72. The molecule has 0 rings (SSSR count). The summed E-state index contributed by atoms with van der Waals surface area (Å²) in [5, 5.41) is 1.13. The van der Waals surface area contributed by atoms with Gasteiger partial charge in [-0.15, -0.1) is 0 Å². The molecular formula is C3H7BrOSi. The van der Waals surface area contributed by atoms with Gasteiger partial charge in [0.25, 0.3) is 0 Å². The van der Waals surface area contributed by atoms with Crippen LogP contribution in [0.15, 0.2) is 0 Å². The lowest BCUT2D eigenvalue weighted by Crippen LogP contribution is -1.54. The van der Waals surface area contributed by atoms with Crippen molar-refractivity contribution in [3.63, 3.8) is 0 Å². The van der Waals surface area contributed by atoms with Gasteiger partial charge in [0, 0.05) is 5.33 Å². The fourth-order valence-electron chi connectivity index (χ4n) is 0. The number of hydrogen-bond donors (Lipinski definition) is 0. The fourth-order valence-corrected chi connectivity index (χ4v) is 0. The van der Waals surface area contributed by atoms with Crippen molar-refractivity contribution < 1.29 is 4.46 Å². The maximum absolute atomic E-state index is 8.06. The topological polar surface area (TPSA) is 17.1 Å². The monoisotopic (exact) mass is 166 g/mol. The van der Waals surface area contributed by atoms with Crippen LogP contribution in [0.4, 0.5) is 0 Å². The lowest BCUT2D eigenvalue weighted by atomic mass is 10.6. The van der Waals surface area contributed by atoms with Crippen molar-refractivity contribution in [2.24, 2.45) is 0 Å². The molecule has 0 bridgehead atoms. The van der Waals surface area contributed by atoms with E-state index in [2.05, 4.69) is 22.9 Å². The van der Waals surface area contributed by atoms with Crippen LogP contribution in [0.25, 0.3) is 0 Å². The number of hydrogen-bond acceptors (Lipinski definition) is 1. The van der Waals surface area contributed by atoms with Gasteiger partial charge in [0.1, 0.15) is 0 Å². The highest BCUT2D eigenvalue weighted by atomic mass is 79.9. The van der Waals surface area contributed by atoms with Crippen LogP contribution >= 0.6 is 15.9 Å². The average molecular weight is 167 g/mol. The van der Waals surface area contributed by atoms with E-state index in [1.807, 2.05) is 0 Å². The predicted molar refractivity (Wildman–Crippen MR) is 30.5 cm³/mol. The third kappa shape index (κ3) is 24.5. The van der Waals surface area contributed by atoms with E-state index in [4.69, 9.17) is 4.46 Å². The first-order chi connectivity index (χ1) is 2.91. The zero-order chi connectivity index (χ0) is 5.41. The summed E-state index contributed by atoms with van der Waals surface area (Å²) >= 11 is 3.25. The SMILES string of the molecule is CCCBr.O=[Si]. The van der Waals surface area contributed by atoms with E-state index in [0.29, 0.717) is 0 Å². The van der Waals surface area contributed by atoms with Crippen molar-refractivity contribution in [1.82, 2.24) is 0 Å². The van der Waals surface area contributed by atoms with Crippen molar-refractivity contribution in [2.45, 2.75) is 13.3 Å². The summed E-state index contributed by atoms with van der Waals surface area (Å²) in [5.41, 5.74) is 0. The second-order valence-corrected chi connectivity index (χ2v) is 1.48. The molecule has 6 heavy (non-hydrogen) atoms. The van der Waals surface area contributed by atoms with Crippen molar-refractivity contribution >= 4 is 26.1 Å². The third-order valence-corrected chi connectivity index (χ3v) is 0.982. The summed E-state index contributed by atoms with van der Waals surface area (Å²) in [5.74, 6) is 0. The van der Waals surface area contributed by atoms with Gasteiger partial charge in [-0.1, -0.05) is 22.9 Å². The van der Waals surface area contributed by atoms with Gasteiger partial charge in [-0.25, -0.2) is 0 Å². The smallest absolute Gasteiger partial charge is 0.381 e. The Hall–Kier alpha value is 0.497. The fraction of sp³-hybridized carbons (Fsp3) is 1.00. The molecule has 0 aromatic heterocycles. The van der Waals surface area contributed by atoms with Crippen molar-refractivity contribution in [3.8, 4) is 0 Å². The Labute approximate surface area is 49.7 Å². The lowest BCUT2D eigenvalue weighted by Gasteiger charge is -1.66. The van der Waals surface area contributed by atoms with Crippen LogP contribution in [0.2, 0.25) is 0 Å². The van der Waals surface area contributed by atoms with Crippen LogP contribution in [-0.4, -0.2) is 15.5 Å². The normalized spacial score (nSPS) is 5.67. The molecule has 0 fully saturated rings. The van der Waals surface area contributed by atoms with Gasteiger partial charge in [0.15, 0.2) is 0 Å². The molecule has 0 N–H and O–H groups in total. The van der Waals surface area contributed by atoms with E-state index < -0.39 is 0 Å². The maximum atomic E-state index is 8.06. The van der Waals surface area contributed by atoms with E-state index in [1.165, 1.54) is 6.42 Å². The summed E-state index contributed by atoms with van der Waals surface area (Å²) < 4.78 is 8.06. The largest absolute Gasteiger partial charge is 0.381 e.